The first-order chi connectivity index (χ1) is 2.41. The Hall–Kier alpha value is 0.618. The number of rotatable bonds is 1. The van der Waals surface area contributed by atoms with Gasteiger partial charge in [-0.05, 0) is 0 Å². The van der Waals surface area contributed by atoms with Crippen LogP contribution in [0.4, 0.5) is 0 Å². The minimum atomic E-state index is 0. The van der Waals surface area contributed by atoms with Crippen molar-refractivity contribution in [2.24, 2.45) is 0 Å². The summed E-state index contributed by atoms with van der Waals surface area (Å²) in [5.74, 6) is 0. The Labute approximate surface area is 56.8 Å². The summed E-state index contributed by atoms with van der Waals surface area (Å²) in [5, 5.41) is 8.87. The fourth-order valence-corrected chi connectivity index (χ4v) is 0.316. The van der Waals surface area contributed by atoms with Crippen molar-refractivity contribution in [2.45, 2.75) is 5.21 Å². The predicted octanol–water partition coefficient (Wildman–Crippen LogP) is 0.107. The Morgan fingerprint density at radius 1 is 1.67 bits per heavy atom. The molecule has 0 aromatic rings. The molecule has 0 aromatic heterocycles. The van der Waals surface area contributed by atoms with E-state index < -0.39 is 0 Å². The molecule has 0 aliphatic heterocycles. The van der Waals surface area contributed by atoms with Crippen molar-refractivity contribution in [1.82, 2.24) is 0 Å². The second kappa shape index (κ2) is 9.15. The van der Waals surface area contributed by atoms with Crippen LogP contribution in [-0.4, -0.2) is 22.0 Å². The molecule has 1 radical (unpaired) electrons. The molecule has 1 unspecified atom stereocenters. The summed E-state index contributed by atoms with van der Waals surface area (Å²) in [6.07, 6.45) is 2.78. The third kappa shape index (κ3) is 8.82. The third-order valence-electron chi connectivity index (χ3n) is 0.241. The van der Waals surface area contributed by atoms with Crippen LogP contribution in [0.2, 0.25) is 5.21 Å². The van der Waals surface area contributed by atoms with Crippen LogP contribution in [0, 0.1) is 0 Å². The Kier molecular flexibility index (Phi) is 14.9. The molecule has 0 amide bonds. The van der Waals surface area contributed by atoms with Gasteiger partial charge in [0.2, 0.25) is 0 Å². The quantitative estimate of drug-likeness (QED) is 0.458. The van der Waals surface area contributed by atoms with Crippen LogP contribution >= 0.6 is 0 Å². The summed E-state index contributed by atoms with van der Waals surface area (Å²) in [6, 6.07) is 0. The van der Waals surface area contributed by atoms with Crippen LogP contribution in [0.5, 0.6) is 0 Å². The van der Waals surface area contributed by atoms with E-state index in [1.807, 2.05) is 0 Å². The molecule has 0 aliphatic rings. The van der Waals surface area contributed by atoms with Gasteiger partial charge in [-0.3, -0.25) is 0 Å². The molecular weight excluding hydrogens is 182 g/mol. The van der Waals surface area contributed by atoms with E-state index in [0.717, 1.165) is 11.5 Å². The molecule has 1 nitrogen and oxygen atoms in total. The fourth-order valence-electron chi connectivity index (χ4n) is 0.0609. The van der Waals surface area contributed by atoms with Crippen LogP contribution in [-0.2, 0) is 17.1 Å². The van der Waals surface area contributed by atoms with E-state index in [-0.39, 0.29) is 17.1 Å². The van der Waals surface area contributed by atoms with Gasteiger partial charge in [0, 0.05) is 17.1 Å². The van der Waals surface area contributed by atoms with Crippen LogP contribution in [0.15, 0.2) is 12.3 Å². The number of allylic oxidation sites excluding steroid dienone is 1. The number of hydrogen-bond acceptors (Lipinski definition) is 1. The molecular formula is C3H7AsMnO. The maximum absolute atomic E-state index is 7.90. The van der Waals surface area contributed by atoms with Gasteiger partial charge < -0.3 is 0 Å². The van der Waals surface area contributed by atoms with Crippen LogP contribution in [0.25, 0.3) is 0 Å². The van der Waals surface area contributed by atoms with E-state index >= 15 is 0 Å². The molecule has 0 spiro atoms. The monoisotopic (exact) mass is 189 g/mol. The van der Waals surface area contributed by atoms with Gasteiger partial charge in [-0.15, -0.1) is 0 Å². The van der Waals surface area contributed by atoms with E-state index in [2.05, 4.69) is 0 Å². The molecule has 0 saturated carbocycles. The largest absolute Gasteiger partial charge is 0 e. The van der Waals surface area contributed by atoms with Gasteiger partial charge in [0.25, 0.3) is 0 Å². The van der Waals surface area contributed by atoms with Crippen LogP contribution < -0.4 is 0 Å². The first-order valence-corrected chi connectivity index (χ1v) is 3.12. The molecule has 3 heteroatoms. The molecule has 0 rings (SSSR count). The molecule has 0 aromatic carbocycles. The van der Waals surface area contributed by atoms with Crippen molar-refractivity contribution >= 4 is 16.9 Å². The van der Waals surface area contributed by atoms with E-state index in [9.17, 15) is 0 Å². The normalized spacial score (nSPS) is 8.17. The summed E-state index contributed by atoms with van der Waals surface area (Å²) in [7, 11) is 0. The van der Waals surface area contributed by atoms with Crippen LogP contribution in [0.3, 0.4) is 0 Å². The summed E-state index contributed by atoms with van der Waals surface area (Å²) >= 11 is 1.60. The van der Waals surface area contributed by atoms with Crippen molar-refractivity contribution in [2.75, 3.05) is 0 Å². The summed E-state index contributed by atoms with van der Waals surface area (Å²) in [5.41, 5.74) is 0. The molecule has 1 N–H and O–H groups in total. The minimum Gasteiger partial charge on any atom is 0 e. The van der Waals surface area contributed by atoms with E-state index in [1.54, 1.807) is 22.9 Å². The molecule has 0 fully saturated rings. The van der Waals surface area contributed by atoms with Gasteiger partial charge in [-0.25, -0.2) is 0 Å². The topological polar surface area (TPSA) is 20.2 Å². The fraction of sp³-hybridized carbons (Fsp3) is 0.333. The zero-order valence-corrected chi connectivity index (χ0v) is 6.87. The molecule has 0 aliphatic carbocycles. The van der Waals surface area contributed by atoms with Crippen molar-refractivity contribution in [3.05, 3.63) is 12.3 Å². The minimum absolute atomic E-state index is 0. The zero-order chi connectivity index (χ0) is 4.12. The first kappa shape index (κ1) is 9.79. The predicted molar refractivity (Wildman–Crippen MR) is 25.1 cm³/mol. The molecule has 1 atom stereocenters. The standard InChI is InChI=1S/C3H7AsO.Mn/c4-2-1-3-5;/h1,3,5H,2,4H2;. The average Bonchev–Trinajstić information content (AvgIpc) is 1.41. The van der Waals surface area contributed by atoms with Gasteiger partial charge >= 0.3 is 39.5 Å². The Balaban J connectivity index is 0. The number of aliphatic hydroxyl groups is 1. The molecule has 37 valence electrons. The number of aliphatic hydroxyl groups excluding tert-OH is 1. The van der Waals surface area contributed by atoms with Gasteiger partial charge in [0.15, 0.2) is 0 Å². The number of hydrogen-bond donors (Lipinski definition) is 1. The Morgan fingerprint density at radius 3 is 2.17 bits per heavy atom. The van der Waals surface area contributed by atoms with Gasteiger partial charge in [0.05, 0.1) is 0 Å². The van der Waals surface area contributed by atoms with E-state index in [0.29, 0.717) is 0 Å². The SMILES string of the molecule is OC=CC[AsH2].[Mn]. The molecule has 6 heavy (non-hydrogen) atoms. The molecule has 0 saturated heterocycles. The average molecular weight is 189 g/mol. The molecule has 0 bridgehead atoms. The molecule has 0 heterocycles. The summed E-state index contributed by atoms with van der Waals surface area (Å²) in [6.45, 7) is 0. The van der Waals surface area contributed by atoms with Gasteiger partial charge in [-0.1, -0.05) is 0 Å². The summed E-state index contributed by atoms with van der Waals surface area (Å²) < 4.78 is 0. The van der Waals surface area contributed by atoms with Crippen molar-refractivity contribution in [3.63, 3.8) is 0 Å². The maximum atomic E-state index is 7.90. The summed E-state index contributed by atoms with van der Waals surface area (Å²) in [4.78, 5) is 0. The van der Waals surface area contributed by atoms with E-state index in [1.165, 1.54) is 0 Å². The van der Waals surface area contributed by atoms with Crippen LogP contribution in [0.1, 0.15) is 0 Å². The van der Waals surface area contributed by atoms with Gasteiger partial charge in [0.1, 0.15) is 0 Å². The van der Waals surface area contributed by atoms with Gasteiger partial charge in [-0.2, -0.15) is 0 Å². The van der Waals surface area contributed by atoms with E-state index in [4.69, 9.17) is 5.11 Å². The maximum Gasteiger partial charge on any atom is 0 e. The van der Waals surface area contributed by atoms with Crippen molar-refractivity contribution in [3.8, 4) is 0 Å². The first-order valence-electron chi connectivity index (χ1n) is 1.41. The third-order valence-corrected chi connectivity index (χ3v) is 0.813. The second-order valence-corrected chi connectivity index (χ2v) is 1.61. The smallest absolute Gasteiger partial charge is 0 e. The Morgan fingerprint density at radius 2 is 2.17 bits per heavy atom. The van der Waals surface area contributed by atoms with Crippen molar-refractivity contribution in [1.29, 1.82) is 0 Å². The second-order valence-electron chi connectivity index (χ2n) is 0.620. The Bertz CT molecular complexity index is 37.8. The van der Waals surface area contributed by atoms with Crippen molar-refractivity contribution < 1.29 is 22.2 Å². The zero-order valence-electron chi connectivity index (χ0n) is 3.26.